The zero-order valence-electron chi connectivity index (χ0n) is 11.3. The number of hydrogen-bond acceptors (Lipinski definition) is 3. The molecule has 1 aromatic rings. The molecule has 0 aromatic heterocycles. The van der Waals surface area contributed by atoms with Crippen LogP contribution in [0.4, 0.5) is 18.9 Å². The van der Waals surface area contributed by atoms with Gasteiger partial charge in [-0.2, -0.15) is 13.2 Å². The predicted molar refractivity (Wildman–Crippen MR) is 74.5 cm³/mol. The maximum atomic E-state index is 12.6. The number of alkyl halides is 3. The fraction of sp³-hybridized carbons (Fsp3) is 0.571. The lowest BCUT2D eigenvalue weighted by atomic mass is 10.2. The Morgan fingerprint density at radius 2 is 2.05 bits per heavy atom. The molecule has 0 saturated heterocycles. The van der Waals surface area contributed by atoms with Crippen molar-refractivity contribution in [1.82, 2.24) is 0 Å². The maximum Gasteiger partial charge on any atom is 0.416 e. The van der Waals surface area contributed by atoms with Gasteiger partial charge in [-0.05, 0) is 37.0 Å². The van der Waals surface area contributed by atoms with E-state index < -0.39 is 17.8 Å². The second kappa shape index (κ2) is 6.85. The highest BCUT2D eigenvalue weighted by molar-refractivity contribution is 6.30. The predicted octanol–water partition coefficient (Wildman–Crippen LogP) is 3.56. The van der Waals surface area contributed by atoms with Gasteiger partial charge < -0.3 is 15.2 Å². The van der Waals surface area contributed by atoms with Crippen LogP contribution in [0, 0.1) is 5.92 Å². The first-order chi connectivity index (χ1) is 9.84. The van der Waals surface area contributed by atoms with E-state index in [1.807, 2.05) is 0 Å². The monoisotopic (exact) mass is 323 g/mol. The Labute approximate surface area is 126 Å². The first-order valence-corrected chi connectivity index (χ1v) is 7.10. The van der Waals surface area contributed by atoms with Gasteiger partial charge in [-0.3, -0.25) is 0 Å². The molecular weight excluding hydrogens is 307 g/mol. The van der Waals surface area contributed by atoms with E-state index in [4.69, 9.17) is 16.3 Å². The molecule has 1 atom stereocenters. The summed E-state index contributed by atoms with van der Waals surface area (Å²) in [5, 5.41) is 12.4. The van der Waals surface area contributed by atoms with Gasteiger partial charge in [0.2, 0.25) is 0 Å². The smallest absolute Gasteiger partial charge is 0.389 e. The molecule has 1 aliphatic carbocycles. The van der Waals surface area contributed by atoms with Crippen LogP contribution in [0.15, 0.2) is 18.2 Å². The summed E-state index contributed by atoms with van der Waals surface area (Å²) in [6.07, 6.45) is -2.90. The van der Waals surface area contributed by atoms with Crippen molar-refractivity contribution in [3.05, 3.63) is 28.8 Å². The molecule has 1 aromatic carbocycles. The molecular formula is C14H17ClF3NO2. The van der Waals surface area contributed by atoms with Gasteiger partial charge in [0.15, 0.2) is 0 Å². The van der Waals surface area contributed by atoms with Gasteiger partial charge in [-0.1, -0.05) is 11.6 Å². The SMILES string of the molecule is OC(CNc1cc(Cl)cc(C(F)(F)F)c1)COCC1CC1. The number of aliphatic hydroxyl groups excluding tert-OH is 1. The van der Waals surface area contributed by atoms with Crippen molar-refractivity contribution >= 4 is 17.3 Å². The topological polar surface area (TPSA) is 41.5 Å². The van der Waals surface area contributed by atoms with Gasteiger partial charge >= 0.3 is 6.18 Å². The molecule has 1 saturated carbocycles. The van der Waals surface area contributed by atoms with Crippen LogP contribution in [-0.4, -0.2) is 31.0 Å². The molecule has 1 unspecified atom stereocenters. The summed E-state index contributed by atoms with van der Waals surface area (Å²) in [5.41, 5.74) is -0.604. The van der Waals surface area contributed by atoms with Gasteiger partial charge in [0.25, 0.3) is 0 Å². The summed E-state index contributed by atoms with van der Waals surface area (Å²) in [5.74, 6) is 0.604. The van der Waals surface area contributed by atoms with Gasteiger partial charge in [0.05, 0.1) is 18.3 Å². The van der Waals surface area contributed by atoms with E-state index in [0.29, 0.717) is 12.5 Å². The lowest BCUT2D eigenvalue weighted by molar-refractivity contribution is -0.137. The molecule has 21 heavy (non-hydrogen) atoms. The first kappa shape index (κ1) is 16.4. The average molecular weight is 324 g/mol. The van der Waals surface area contributed by atoms with E-state index in [-0.39, 0.29) is 23.9 Å². The molecule has 118 valence electrons. The molecule has 0 amide bonds. The van der Waals surface area contributed by atoms with Crippen LogP contribution < -0.4 is 5.32 Å². The molecule has 2 N–H and O–H groups in total. The summed E-state index contributed by atoms with van der Waals surface area (Å²) in [6.45, 7) is 0.894. The number of ether oxygens (including phenoxy) is 1. The van der Waals surface area contributed by atoms with Crippen molar-refractivity contribution in [3.8, 4) is 0 Å². The average Bonchev–Trinajstić information content (AvgIpc) is 3.19. The molecule has 2 rings (SSSR count). The van der Waals surface area contributed by atoms with Crippen LogP contribution in [0.25, 0.3) is 0 Å². The molecule has 0 aliphatic heterocycles. The van der Waals surface area contributed by atoms with Gasteiger partial charge in [0.1, 0.15) is 0 Å². The Kier molecular flexibility index (Phi) is 5.35. The number of rotatable bonds is 7. The molecule has 3 nitrogen and oxygen atoms in total. The van der Waals surface area contributed by atoms with Crippen LogP contribution in [0.1, 0.15) is 18.4 Å². The second-order valence-electron chi connectivity index (χ2n) is 5.24. The molecule has 1 aliphatic rings. The molecule has 7 heteroatoms. The van der Waals surface area contributed by atoms with Crippen LogP contribution >= 0.6 is 11.6 Å². The van der Waals surface area contributed by atoms with Crippen LogP contribution in [0.2, 0.25) is 5.02 Å². The maximum absolute atomic E-state index is 12.6. The van der Waals surface area contributed by atoms with Crippen molar-refractivity contribution in [2.45, 2.75) is 25.1 Å². The van der Waals surface area contributed by atoms with Crippen molar-refractivity contribution in [1.29, 1.82) is 0 Å². The van der Waals surface area contributed by atoms with E-state index in [1.54, 1.807) is 0 Å². The molecule has 0 heterocycles. The van der Waals surface area contributed by atoms with Crippen molar-refractivity contribution < 1.29 is 23.0 Å². The zero-order chi connectivity index (χ0) is 15.5. The van der Waals surface area contributed by atoms with E-state index in [9.17, 15) is 18.3 Å². The Morgan fingerprint density at radius 3 is 2.67 bits per heavy atom. The third-order valence-electron chi connectivity index (χ3n) is 3.13. The fourth-order valence-corrected chi connectivity index (χ4v) is 2.04. The highest BCUT2D eigenvalue weighted by Gasteiger charge is 2.31. The Bertz CT molecular complexity index is 478. The van der Waals surface area contributed by atoms with E-state index in [2.05, 4.69) is 5.32 Å². The number of hydrogen-bond donors (Lipinski definition) is 2. The van der Waals surface area contributed by atoms with E-state index in [1.165, 1.54) is 6.07 Å². The lowest BCUT2D eigenvalue weighted by Crippen LogP contribution is -2.25. The number of halogens is 4. The number of benzene rings is 1. The molecule has 0 spiro atoms. The summed E-state index contributed by atoms with van der Waals surface area (Å²) in [4.78, 5) is 0. The van der Waals surface area contributed by atoms with Crippen molar-refractivity contribution in [2.75, 3.05) is 25.1 Å². The zero-order valence-corrected chi connectivity index (χ0v) is 12.0. The quantitative estimate of drug-likeness (QED) is 0.806. The summed E-state index contributed by atoms with van der Waals surface area (Å²) < 4.78 is 43.2. The van der Waals surface area contributed by atoms with Gasteiger partial charge in [-0.25, -0.2) is 0 Å². The standard InChI is InChI=1S/C14H17ClF3NO2/c15-11-3-10(14(16,17)18)4-12(5-11)19-6-13(20)8-21-7-9-1-2-9/h3-5,9,13,19-20H,1-2,6-8H2. The molecule has 1 fully saturated rings. The van der Waals surface area contributed by atoms with Crippen LogP contribution in [0.3, 0.4) is 0 Å². The second-order valence-corrected chi connectivity index (χ2v) is 5.68. The summed E-state index contributed by atoms with van der Waals surface area (Å²) in [7, 11) is 0. The summed E-state index contributed by atoms with van der Waals surface area (Å²) in [6, 6.07) is 3.21. The third kappa shape index (κ3) is 5.73. The van der Waals surface area contributed by atoms with Gasteiger partial charge in [-0.15, -0.1) is 0 Å². The number of anilines is 1. The largest absolute Gasteiger partial charge is 0.416 e. The lowest BCUT2D eigenvalue weighted by Gasteiger charge is -2.15. The molecule has 0 bridgehead atoms. The highest BCUT2D eigenvalue weighted by atomic mass is 35.5. The first-order valence-electron chi connectivity index (χ1n) is 6.72. The van der Waals surface area contributed by atoms with E-state index >= 15 is 0 Å². The van der Waals surface area contributed by atoms with Gasteiger partial charge in [0, 0.05) is 23.9 Å². The Morgan fingerprint density at radius 1 is 1.33 bits per heavy atom. The van der Waals surface area contributed by atoms with Crippen LogP contribution in [-0.2, 0) is 10.9 Å². The number of nitrogens with one attached hydrogen (secondary N) is 1. The Balaban J connectivity index is 1.82. The fourth-order valence-electron chi connectivity index (χ4n) is 1.81. The third-order valence-corrected chi connectivity index (χ3v) is 3.35. The molecule has 0 radical (unpaired) electrons. The van der Waals surface area contributed by atoms with Crippen molar-refractivity contribution in [2.24, 2.45) is 5.92 Å². The van der Waals surface area contributed by atoms with Crippen molar-refractivity contribution in [3.63, 3.8) is 0 Å². The Hall–Kier alpha value is -0.980. The van der Waals surface area contributed by atoms with Crippen LogP contribution in [0.5, 0.6) is 0 Å². The number of aliphatic hydroxyl groups is 1. The highest BCUT2D eigenvalue weighted by Crippen LogP contribution is 2.33. The summed E-state index contributed by atoms with van der Waals surface area (Å²) >= 11 is 5.67. The van der Waals surface area contributed by atoms with E-state index in [0.717, 1.165) is 25.0 Å². The normalized spacial score (nSPS) is 16.8. The minimum absolute atomic E-state index is 0.00759. The minimum atomic E-state index is -4.45. The minimum Gasteiger partial charge on any atom is -0.389 e.